The van der Waals surface area contributed by atoms with E-state index in [1.165, 1.54) is 24.3 Å². The van der Waals surface area contributed by atoms with E-state index in [9.17, 15) is 30.8 Å². The first-order valence-electron chi connectivity index (χ1n) is 13.2. The van der Waals surface area contributed by atoms with E-state index in [0.29, 0.717) is 26.2 Å². The third-order valence-corrected chi connectivity index (χ3v) is 8.77. The first kappa shape index (κ1) is 28.7. The van der Waals surface area contributed by atoms with Crippen LogP contribution in [0.15, 0.2) is 65.6 Å². The highest BCUT2D eigenvalue weighted by atomic mass is 32.2. The van der Waals surface area contributed by atoms with Gasteiger partial charge >= 0.3 is 6.18 Å². The van der Waals surface area contributed by atoms with Crippen LogP contribution in [0.5, 0.6) is 0 Å². The molecular weight excluding hydrogens is 562 g/mol. The van der Waals surface area contributed by atoms with Crippen molar-refractivity contribution >= 4 is 33.1 Å². The Morgan fingerprint density at radius 1 is 0.976 bits per heavy atom. The minimum absolute atomic E-state index is 0.00228. The SMILES string of the molecule is C[C@@H](C(=O)N1CCN(c2ccc(S(=O)(=O)Nc3cccc(C(F)(F)F)n3)cc2)CC1)N1CCCc2cc(F)ccc21. The molecule has 1 amide bonds. The highest BCUT2D eigenvalue weighted by Gasteiger charge is 2.33. The van der Waals surface area contributed by atoms with Gasteiger partial charge in [-0.25, -0.2) is 17.8 Å². The number of fused-ring (bicyclic) bond motifs is 1. The number of hydrogen-bond acceptors (Lipinski definition) is 6. The largest absolute Gasteiger partial charge is 0.433 e. The topological polar surface area (TPSA) is 85.8 Å². The van der Waals surface area contributed by atoms with E-state index in [0.717, 1.165) is 54.5 Å². The highest BCUT2D eigenvalue weighted by Crippen LogP contribution is 2.31. The van der Waals surface area contributed by atoms with Gasteiger partial charge in [0.05, 0.1) is 4.90 Å². The molecule has 218 valence electrons. The molecule has 1 saturated heterocycles. The molecule has 0 aliphatic carbocycles. The third-order valence-electron chi connectivity index (χ3n) is 7.40. The molecule has 0 spiro atoms. The molecule has 2 aliphatic heterocycles. The van der Waals surface area contributed by atoms with Gasteiger partial charge in [-0.2, -0.15) is 13.2 Å². The summed E-state index contributed by atoms with van der Waals surface area (Å²) < 4.78 is 80.0. The van der Waals surface area contributed by atoms with Crippen LogP contribution in [0.2, 0.25) is 0 Å². The minimum atomic E-state index is -4.70. The van der Waals surface area contributed by atoms with Gasteiger partial charge in [0.25, 0.3) is 10.0 Å². The molecule has 2 aromatic carbocycles. The van der Waals surface area contributed by atoms with Gasteiger partial charge in [0, 0.05) is 44.1 Å². The Morgan fingerprint density at radius 3 is 2.37 bits per heavy atom. The Labute approximate surface area is 235 Å². The number of aromatic nitrogens is 1. The zero-order valence-electron chi connectivity index (χ0n) is 22.2. The zero-order chi connectivity index (χ0) is 29.4. The molecule has 13 heteroatoms. The van der Waals surface area contributed by atoms with Crippen molar-refractivity contribution in [3.05, 3.63) is 77.7 Å². The lowest BCUT2D eigenvalue weighted by molar-refractivity contribution is -0.141. The Bertz CT molecular complexity index is 1520. The van der Waals surface area contributed by atoms with Crippen LogP contribution >= 0.6 is 0 Å². The molecule has 3 aromatic rings. The molecule has 0 unspecified atom stereocenters. The molecule has 1 atom stereocenters. The first-order chi connectivity index (χ1) is 19.4. The van der Waals surface area contributed by atoms with Gasteiger partial charge in [0.1, 0.15) is 23.4 Å². The van der Waals surface area contributed by atoms with Gasteiger partial charge in [0.15, 0.2) is 0 Å². The number of hydrogen-bond donors (Lipinski definition) is 1. The van der Waals surface area contributed by atoms with Crippen LogP contribution in [0.1, 0.15) is 24.6 Å². The predicted molar refractivity (Wildman–Crippen MR) is 147 cm³/mol. The third kappa shape index (κ3) is 6.24. The van der Waals surface area contributed by atoms with Crippen LogP contribution in [-0.4, -0.2) is 63.0 Å². The average molecular weight is 592 g/mol. The normalized spacial score (nSPS) is 16.8. The molecule has 5 rings (SSSR count). The first-order valence-corrected chi connectivity index (χ1v) is 14.7. The van der Waals surface area contributed by atoms with Crippen molar-refractivity contribution in [2.24, 2.45) is 0 Å². The Kier molecular flexibility index (Phi) is 7.82. The fourth-order valence-electron chi connectivity index (χ4n) is 5.26. The van der Waals surface area contributed by atoms with Crippen LogP contribution in [-0.2, 0) is 27.4 Å². The molecule has 8 nitrogen and oxygen atoms in total. The van der Waals surface area contributed by atoms with Gasteiger partial charge in [-0.15, -0.1) is 0 Å². The van der Waals surface area contributed by atoms with Crippen LogP contribution in [0.4, 0.5) is 34.8 Å². The minimum Gasteiger partial charge on any atom is -0.368 e. The zero-order valence-corrected chi connectivity index (χ0v) is 23.1. The molecule has 2 aliphatic rings. The number of nitrogens with one attached hydrogen (secondary N) is 1. The quantitative estimate of drug-likeness (QED) is 0.424. The molecule has 1 fully saturated rings. The highest BCUT2D eigenvalue weighted by molar-refractivity contribution is 7.92. The molecule has 1 aromatic heterocycles. The lowest BCUT2D eigenvalue weighted by Crippen LogP contribution is -2.55. The number of alkyl halides is 3. The molecule has 0 radical (unpaired) electrons. The van der Waals surface area contributed by atoms with Crippen LogP contribution in [0, 0.1) is 5.82 Å². The van der Waals surface area contributed by atoms with Crippen molar-refractivity contribution in [2.75, 3.05) is 47.2 Å². The smallest absolute Gasteiger partial charge is 0.368 e. The Hall–Kier alpha value is -3.87. The number of piperazine rings is 1. The Morgan fingerprint density at radius 2 is 1.68 bits per heavy atom. The number of carbonyl (C=O) groups is 1. The number of benzene rings is 2. The fraction of sp³-hybridized carbons (Fsp3) is 0.357. The number of amides is 1. The van der Waals surface area contributed by atoms with Gasteiger partial charge in [-0.3, -0.25) is 9.52 Å². The average Bonchev–Trinajstić information content (AvgIpc) is 2.95. The predicted octanol–water partition coefficient (Wildman–Crippen LogP) is 4.53. The molecule has 3 heterocycles. The number of rotatable bonds is 6. The summed E-state index contributed by atoms with van der Waals surface area (Å²) in [5, 5.41) is 0. The van der Waals surface area contributed by atoms with Crippen molar-refractivity contribution in [3.63, 3.8) is 0 Å². The van der Waals surface area contributed by atoms with Crippen molar-refractivity contribution in [1.29, 1.82) is 0 Å². The molecule has 41 heavy (non-hydrogen) atoms. The molecule has 0 saturated carbocycles. The van der Waals surface area contributed by atoms with Gasteiger partial charge in [-0.1, -0.05) is 6.07 Å². The van der Waals surface area contributed by atoms with Gasteiger partial charge in [-0.05, 0) is 79.9 Å². The van der Waals surface area contributed by atoms with Crippen LogP contribution in [0.3, 0.4) is 0 Å². The number of pyridine rings is 1. The second kappa shape index (κ2) is 11.2. The Balaban J connectivity index is 1.19. The molecule has 0 bridgehead atoms. The standard InChI is InChI=1S/C28H29F4N5O3S/c1-19(37-13-3-4-20-18-21(29)7-12-24(20)37)27(38)36-16-14-35(15-17-36)22-8-10-23(11-9-22)41(39,40)34-26-6-2-5-25(33-26)28(30,31)32/h2,5-12,18-19H,3-4,13-17H2,1H3,(H,33,34)/t19-/m0/s1. The van der Waals surface area contributed by atoms with Crippen molar-refractivity contribution < 1.29 is 30.8 Å². The lowest BCUT2D eigenvalue weighted by Gasteiger charge is -2.41. The van der Waals surface area contributed by atoms with E-state index in [-0.39, 0.29) is 16.6 Å². The summed E-state index contributed by atoms with van der Waals surface area (Å²) in [7, 11) is -4.16. The second-order valence-electron chi connectivity index (χ2n) is 10.1. The molecular formula is C28H29F4N5O3S. The number of anilines is 3. The monoisotopic (exact) mass is 591 g/mol. The molecule has 1 N–H and O–H groups in total. The van der Waals surface area contributed by atoms with Crippen molar-refractivity contribution in [3.8, 4) is 0 Å². The maximum Gasteiger partial charge on any atom is 0.433 e. The number of nitrogens with zero attached hydrogens (tertiary/aromatic N) is 4. The van der Waals surface area contributed by atoms with E-state index in [2.05, 4.69) is 9.71 Å². The van der Waals surface area contributed by atoms with Gasteiger partial charge < -0.3 is 14.7 Å². The fourth-order valence-corrected chi connectivity index (χ4v) is 6.26. The van der Waals surface area contributed by atoms with E-state index < -0.39 is 33.8 Å². The van der Waals surface area contributed by atoms with E-state index in [1.807, 2.05) is 21.6 Å². The summed E-state index contributed by atoms with van der Waals surface area (Å²) in [5.74, 6) is -0.716. The summed E-state index contributed by atoms with van der Waals surface area (Å²) in [6, 6.07) is 13.3. The summed E-state index contributed by atoms with van der Waals surface area (Å²) in [4.78, 5) is 22.5. The van der Waals surface area contributed by atoms with E-state index in [4.69, 9.17) is 0 Å². The van der Waals surface area contributed by atoms with E-state index in [1.54, 1.807) is 18.2 Å². The second-order valence-corrected chi connectivity index (χ2v) is 11.7. The van der Waals surface area contributed by atoms with E-state index >= 15 is 0 Å². The summed E-state index contributed by atoms with van der Waals surface area (Å²) in [5.41, 5.74) is 1.36. The maximum absolute atomic E-state index is 13.7. The number of sulfonamides is 1. The number of carbonyl (C=O) groups excluding carboxylic acids is 1. The lowest BCUT2D eigenvalue weighted by atomic mass is 9.99. The van der Waals surface area contributed by atoms with Gasteiger partial charge in [0.2, 0.25) is 5.91 Å². The van der Waals surface area contributed by atoms with Crippen molar-refractivity contribution in [1.82, 2.24) is 9.88 Å². The summed E-state index contributed by atoms with van der Waals surface area (Å²) in [6.07, 6.45) is -3.07. The number of halogens is 4. The maximum atomic E-state index is 13.7. The van der Waals surface area contributed by atoms with Crippen LogP contribution < -0.4 is 14.5 Å². The summed E-state index contributed by atoms with van der Waals surface area (Å²) >= 11 is 0. The number of aryl methyl sites for hydroxylation is 1. The summed E-state index contributed by atoms with van der Waals surface area (Å²) in [6.45, 7) is 4.64. The van der Waals surface area contributed by atoms with Crippen molar-refractivity contribution in [2.45, 2.75) is 36.9 Å². The van der Waals surface area contributed by atoms with Crippen LogP contribution in [0.25, 0.3) is 0 Å².